The highest BCUT2D eigenvalue weighted by Gasteiger charge is 2.25. The zero-order valence-corrected chi connectivity index (χ0v) is 14.8. The molecule has 0 aliphatic rings. The molecule has 2 amide bonds. The third kappa shape index (κ3) is 3.19. The van der Waals surface area contributed by atoms with Gasteiger partial charge in [-0.25, -0.2) is 9.36 Å². The first-order valence-electron chi connectivity index (χ1n) is 8.70. The second-order valence-corrected chi connectivity index (χ2v) is 6.17. The molecule has 0 atom stereocenters. The molecule has 0 aliphatic carbocycles. The molecule has 1 heterocycles. The summed E-state index contributed by atoms with van der Waals surface area (Å²) in [5.74, 6) is -0.908. The van der Waals surface area contributed by atoms with E-state index in [0.29, 0.717) is 22.3 Å². The number of rotatable bonds is 3. The molecule has 0 saturated heterocycles. The zero-order valence-electron chi connectivity index (χ0n) is 14.8. The summed E-state index contributed by atoms with van der Waals surface area (Å²) in [5, 5.41) is 16.7. The Kier molecular flexibility index (Phi) is 4.51. The SMILES string of the molecule is O=C(Nc1ccccc1)c1c(O)n(C(=O)Nc2ccccc2)c2ccccc12. The van der Waals surface area contributed by atoms with Crippen molar-refractivity contribution >= 4 is 34.2 Å². The van der Waals surface area contributed by atoms with Gasteiger partial charge in [0.2, 0.25) is 5.88 Å². The lowest BCUT2D eigenvalue weighted by Gasteiger charge is -2.08. The number of aromatic nitrogens is 1. The lowest BCUT2D eigenvalue weighted by atomic mass is 10.1. The van der Waals surface area contributed by atoms with E-state index in [0.717, 1.165) is 4.57 Å². The van der Waals surface area contributed by atoms with Crippen molar-refractivity contribution in [3.63, 3.8) is 0 Å². The van der Waals surface area contributed by atoms with Crippen molar-refractivity contribution in [1.82, 2.24) is 4.57 Å². The van der Waals surface area contributed by atoms with Gasteiger partial charge in [0.1, 0.15) is 5.56 Å². The number of hydrogen-bond acceptors (Lipinski definition) is 3. The van der Waals surface area contributed by atoms with Crippen molar-refractivity contribution in [2.45, 2.75) is 0 Å². The number of nitrogens with zero attached hydrogens (tertiary/aromatic N) is 1. The molecule has 138 valence electrons. The van der Waals surface area contributed by atoms with Crippen LogP contribution in [0.5, 0.6) is 5.88 Å². The highest BCUT2D eigenvalue weighted by Crippen LogP contribution is 2.32. The molecular formula is C22H17N3O3. The van der Waals surface area contributed by atoms with Crippen LogP contribution in [-0.4, -0.2) is 21.6 Å². The van der Waals surface area contributed by atoms with E-state index < -0.39 is 17.8 Å². The second-order valence-electron chi connectivity index (χ2n) is 6.17. The predicted octanol–water partition coefficient (Wildman–Crippen LogP) is 4.68. The smallest absolute Gasteiger partial charge is 0.333 e. The van der Waals surface area contributed by atoms with Crippen LogP contribution in [0.2, 0.25) is 0 Å². The summed E-state index contributed by atoms with van der Waals surface area (Å²) in [6, 6.07) is 24.1. The second kappa shape index (κ2) is 7.28. The number of aromatic hydroxyl groups is 1. The molecule has 0 bridgehead atoms. The largest absolute Gasteiger partial charge is 0.494 e. The van der Waals surface area contributed by atoms with Gasteiger partial charge in [0.05, 0.1) is 5.52 Å². The molecule has 1 aromatic heterocycles. The maximum Gasteiger partial charge on any atom is 0.333 e. The van der Waals surface area contributed by atoms with Gasteiger partial charge in [-0.15, -0.1) is 0 Å². The molecule has 6 nitrogen and oxygen atoms in total. The van der Waals surface area contributed by atoms with Gasteiger partial charge in [0.25, 0.3) is 5.91 Å². The number of anilines is 2. The van der Waals surface area contributed by atoms with E-state index in [1.165, 1.54) is 0 Å². The number of benzene rings is 3. The Morgan fingerprint density at radius 2 is 1.25 bits per heavy atom. The Morgan fingerprint density at radius 1 is 0.714 bits per heavy atom. The first-order chi connectivity index (χ1) is 13.6. The van der Waals surface area contributed by atoms with Crippen molar-refractivity contribution < 1.29 is 14.7 Å². The fourth-order valence-corrected chi connectivity index (χ4v) is 3.07. The molecule has 3 N–H and O–H groups in total. The zero-order chi connectivity index (χ0) is 19.5. The van der Waals surface area contributed by atoms with Crippen LogP contribution < -0.4 is 10.6 Å². The Hall–Kier alpha value is -4.06. The first-order valence-corrected chi connectivity index (χ1v) is 8.70. The van der Waals surface area contributed by atoms with Gasteiger partial charge < -0.3 is 15.7 Å². The molecule has 0 aliphatic heterocycles. The number of carbonyl (C=O) groups is 2. The van der Waals surface area contributed by atoms with Crippen LogP contribution in [-0.2, 0) is 0 Å². The summed E-state index contributed by atoms with van der Waals surface area (Å²) in [6.45, 7) is 0. The molecule has 0 fully saturated rings. The highest BCUT2D eigenvalue weighted by atomic mass is 16.3. The van der Waals surface area contributed by atoms with Crippen molar-refractivity contribution in [3.05, 3.63) is 90.5 Å². The van der Waals surface area contributed by atoms with Crippen LogP contribution in [0, 0.1) is 0 Å². The summed E-state index contributed by atoms with van der Waals surface area (Å²) >= 11 is 0. The van der Waals surface area contributed by atoms with Crippen molar-refractivity contribution in [2.24, 2.45) is 0 Å². The topological polar surface area (TPSA) is 83.4 Å². The van der Waals surface area contributed by atoms with Gasteiger partial charge in [0.15, 0.2) is 0 Å². The third-order valence-electron chi connectivity index (χ3n) is 4.34. The van der Waals surface area contributed by atoms with Gasteiger partial charge in [-0.05, 0) is 30.3 Å². The lowest BCUT2D eigenvalue weighted by Crippen LogP contribution is -2.19. The summed E-state index contributed by atoms with van der Waals surface area (Å²) < 4.78 is 1.10. The monoisotopic (exact) mass is 371 g/mol. The average molecular weight is 371 g/mol. The first kappa shape index (κ1) is 17.4. The van der Waals surface area contributed by atoms with Gasteiger partial charge >= 0.3 is 6.03 Å². The number of amides is 2. The molecule has 4 rings (SSSR count). The molecule has 6 heteroatoms. The lowest BCUT2D eigenvalue weighted by molar-refractivity contribution is 0.102. The minimum absolute atomic E-state index is 0.0441. The standard InChI is InChI=1S/C22H17N3O3/c26-20(23-15-9-3-1-4-10-15)19-17-13-7-8-14-18(17)25(21(19)27)22(28)24-16-11-5-2-6-12-16/h1-14,27H,(H,23,26)(H,24,28). The highest BCUT2D eigenvalue weighted by molar-refractivity contribution is 6.17. The number of carbonyl (C=O) groups excluding carboxylic acids is 2. The molecule has 4 aromatic rings. The molecule has 28 heavy (non-hydrogen) atoms. The summed E-state index contributed by atoms with van der Waals surface area (Å²) in [5.41, 5.74) is 1.66. The number of para-hydroxylation sites is 3. The predicted molar refractivity (Wildman–Crippen MR) is 109 cm³/mol. The van der Waals surface area contributed by atoms with Crippen LogP contribution in [0.1, 0.15) is 10.4 Å². The quantitative estimate of drug-likeness (QED) is 0.489. The van der Waals surface area contributed by atoms with E-state index in [9.17, 15) is 14.7 Å². The third-order valence-corrected chi connectivity index (χ3v) is 4.34. The number of fused-ring (bicyclic) bond motifs is 1. The van der Waals surface area contributed by atoms with E-state index in [1.807, 2.05) is 12.1 Å². The van der Waals surface area contributed by atoms with Crippen molar-refractivity contribution in [3.8, 4) is 5.88 Å². The Bertz CT molecular complexity index is 1060. The maximum absolute atomic E-state index is 12.8. The van der Waals surface area contributed by atoms with Crippen LogP contribution in [0.3, 0.4) is 0 Å². The molecular weight excluding hydrogens is 354 g/mol. The molecule has 0 spiro atoms. The molecule has 0 unspecified atom stereocenters. The minimum Gasteiger partial charge on any atom is -0.494 e. The van der Waals surface area contributed by atoms with Crippen LogP contribution in [0.25, 0.3) is 10.9 Å². The summed E-state index contributed by atoms with van der Waals surface area (Å²) in [7, 11) is 0. The van der Waals surface area contributed by atoms with Crippen LogP contribution >= 0.6 is 0 Å². The normalized spacial score (nSPS) is 10.6. The average Bonchev–Trinajstić information content (AvgIpc) is 3.01. The Balaban J connectivity index is 1.75. The van der Waals surface area contributed by atoms with Gasteiger partial charge in [-0.2, -0.15) is 0 Å². The van der Waals surface area contributed by atoms with E-state index >= 15 is 0 Å². The van der Waals surface area contributed by atoms with Crippen molar-refractivity contribution in [2.75, 3.05) is 10.6 Å². The Labute approximate surface area is 161 Å². The summed E-state index contributed by atoms with van der Waals surface area (Å²) in [4.78, 5) is 25.6. The molecule has 0 radical (unpaired) electrons. The van der Waals surface area contributed by atoms with E-state index in [2.05, 4.69) is 10.6 Å². The molecule has 0 saturated carbocycles. The fourth-order valence-electron chi connectivity index (χ4n) is 3.07. The van der Waals surface area contributed by atoms with Crippen LogP contribution in [0.15, 0.2) is 84.9 Å². The summed E-state index contributed by atoms with van der Waals surface area (Å²) in [6.07, 6.45) is 0. The van der Waals surface area contributed by atoms with E-state index in [1.54, 1.807) is 72.8 Å². The maximum atomic E-state index is 12.8. The van der Waals surface area contributed by atoms with E-state index in [-0.39, 0.29) is 5.56 Å². The van der Waals surface area contributed by atoms with Gasteiger partial charge in [-0.1, -0.05) is 54.6 Å². The fraction of sp³-hybridized carbons (Fsp3) is 0. The minimum atomic E-state index is -0.557. The Morgan fingerprint density at radius 3 is 1.89 bits per heavy atom. The number of hydrogen-bond donors (Lipinski definition) is 3. The van der Waals surface area contributed by atoms with Crippen LogP contribution in [0.4, 0.5) is 16.2 Å². The number of nitrogens with one attached hydrogen (secondary N) is 2. The van der Waals surface area contributed by atoms with Gasteiger partial charge in [0, 0.05) is 16.8 Å². The molecule has 3 aromatic carbocycles. The van der Waals surface area contributed by atoms with Gasteiger partial charge in [-0.3, -0.25) is 4.79 Å². The van der Waals surface area contributed by atoms with E-state index in [4.69, 9.17) is 0 Å². The van der Waals surface area contributed by atoms with Crippen molar-refractivity contribution in [1.29, 1.82) is 0 Å².